The molecule has 0 saturated carbocycles. The monoisotopic (exact) mass is 287 g/mol. The summed E-state index contributed by atoms with van der Waals surface area (Å²) in [4.78, 5) is 4.43. The van der Waals surface area contributed by atoms with Gasteiger partial charge in [0.2, 0.25) is 0 Å². The van der Waals surface area contributed by atoms with Crippen LogP contribution in [-0.4, -0.2) is 12.8 Å². The summed E-state index contributed by atoms with van der Waals surface area (Å²) >= 11 is 3.45. The van der Waals surface area contributed by atoms with E-state index >= 15 is 0 Å². The normalized spacial score (nSPS) is 10.9. The van der Waals surface area contributed by atoms with E-state index < -0.39 is 0 Å². The summed E-state index contributed by atoms with van der Waals surface area (Å²) in [6.07, 6.45) is 2.92. The van der Waals surface area contributed by atoms with Crippen molar-refractivity contribution in [2.45, 2.75) is 6.42 Å². The van der Waals surface area contributed by atoms with Crippen molar-refractivity contribution >= 4 is 22.1 Å². The summed E-state index contributed by atoms with van der Waals surface area (Å²) in [5.41, 5.74) is 2.46. The number of halogens is 1. The first-order valence-electron chi connectivity index (χ1n) is 5.64. The Morgan fingerprint density at radius 3 is 2.59 bits per heavy atom. The predicted octanol–water partition coefficient (Wildman–Crippen LogP) is 4.11. The van der Waals surface area contributed by atoms with E-state index in [0.717, 1.165) is 23.0 Å². The van der Waals surface area contributed by atoms with E-state index in [4.69, 9.17) is 0 Å². The van der Waals surface area contributed by atoms with Crippen molar-refractivity contribution in [1.29, 1.82) is 0 Å². The fraction of sp³-hybridized carbons (Fsp3) is 0.133. The van der Waals surface area contributed by atoms with E-state index in [2.05, 4.69) is 57.3 Å². The second-order valence-electron chi connectivity index (χ2n) is 3.83. The van der Waals surface area contributed by atoms with Crippen LogP contribution in [0, 0.1) is 0 Å². The average Bonchev–Trinajstić information content (AvgIpc) is 2.36. The minimum absolute atomic E-state index is 0.830. The quantitative estimate of drug-likeness (QED) is 0.751. The van der Waals surface area contributed by atoms with E-state index in [0.29, 0.717) is 0 Å². The van der Waals surface area contributed by atoms with Crippen LogP contribution in [0.4, 0.5) is 0 Å². The Bertz CT molecular complexity index is 491. The fourth-order valence-electron chi connectivity index (χ4n) is 1.60. The van der Waals surface area contributed by atoms with Gasteiger partial charge in [-0.2, -0.15) is 0 Å². The highest BCUT2D eigenvalue weighted by molar-refractivity contribution is 9.10. The van der Waals surface area contributed by atoms with Crippen molar-refractivity contribution < 1.29 is 0 Å². The van der Waals surface area contributed by atoms with Gasteiger partial charge in [-0.3, -0.25) is 4.99 Å². The first-order valence-corrected chi connectivity index (χ1v) is 6.43. The number of aliphatic imine (C=N–C) groups is 1. The third kappa shape index (κ3) is 4.16. The van der Waals surface area contributed by atoms with E-state index in [9.17, 15) is 0 Å². The maximum absolute atomic E-state index is 4.43. The van der Waals surface area contributed by atoms with Gasteiger partial charge in [0.25, 0.3) is 0 Å². The summed E-state index contributed by atoms with van der Waals surface area (Å²) in [7, 11) is 0. The summed E-state index contributed by atoms with van der Waals surface area (Å²) < 4.78 is 1.09. The third-order valence-electron chi connectivity index (χ3n) is 2.46. The first-order chi connectivity index (χ1) is 8.34. The lowest BCUT2D eigenvalue weighted by atomic mass is 10.1. The first kappa shape index (κ1) is 12.1. The predicted molar refractivity (Wildman–Crippen MR) is 76.7 cm³/mol. The highest BCUT2D eigenvalue weighted by Crippen LogP contribution is 2.10. The standard InChI is InChI=1S/C15H14BrN/c16-15-8-4-7-14(11-15)12-17-10-9-13-5-2-1-3-6-13/h1-8,11-12H,9-10H2. The van der Waals surface area contributed by atoms with Crippen LogP contribution in [0.1, 0.15) is 11.1 Å². The largest absolute Gasteiger partial charge is 0.292 e. The van der Waals surface area contributed by atoms with Gasteiger partial charge >= 0.3 is 0 Å². The molecule has 0 aliphatic heterocycles. The van der Waals surface area contributed by atoms with Gasteiger partial charge in [0.15, 0.2) is 0 Å². The van der Waals surface area contributed by atoms with Gasteiger partial charge in [0, 0.05) is 17.2 Å². The van der Waals surface area contributed by atoms with Crippen LogP contribution in [0.3, 0.4) is 0 Å². The molecule has 86 valence electrons. The molecule has 0 amide bonds. The van der Waals surface area contributed by atoms with E-state index in [1.165, 1.54) is 5.56 Å². The zero-order valence-corrected chi connectivity index (χ0v) is 11.1. The molecule has 0 N–H and O–H groups in total. The van der Waals surface area contributed by atoms with E-state index in [-0.39, 0.29) is 0 Å². The molecule has 2 aromatic rings. The smallest absolute Gasteiger partial charge is 0.0429 e. The van der Waals surface area contributed by atoms with Gasteiger partial charge in [0.1, 0.15) is 0 Å². The van der Waals surface area contributed by atoms with Crippen LogP contribution in [0.25, 0.3) is 0 Å². The summed E-state index contributed by atoms with van der Waals surface area (Å²) in [6, 6.07) is 18.6. The van der Waals surface area contributed by atoms with Gasteiger partial charge in [-0.25, -0.2) is 0 Å². The van der Waals surface area contributed by atoms with Crippen LogP contribution in [0.5, 0.6) is 0 Å². The number of hydrogen-bond donors (Lipinski definition) is 0. The molecule has 0 fully saturated rings. The van der Waals surface area contributed by atoms with Gasteiger partial charge in [0.05, 0.1) is 0 Å². The molecule has 0 aliphatic carbocycles. The second-order valence-corrected chi connectivity index (χ2v) is 4.74. The molecule has 1 nitrogen and oxygen atoms in total. The van der Waals surface area contributed by atoms with Crippen LogP contribution < -0.4 is 0 Å². The Kier molecular flexibility index (Phi) is 4.51. The Morgan fingerprint density at radius 1 is 1.00 bits per heavy atom. The zero-order chi connectivity index (χ0) is 11.9. The highest BCUT2D eigenvalue weighted by Gasteiger charge is 1.90. The van der Waals surface area contributed by atoms with Crippen molar-refractivity contribution in [2.24, 2.45) is 4.99 Å². The Hall–Kier alpha value is -1.41. The van der Waals surface area contributed by atoms with Crippen LogP contribution >= 0.6 is 15.9 Å². The van der Waals surface area contributed by atoms with Crippen molar-refractivity contribution in [3.8, 4) is 0 Å². The molecule has 0 aliphatic rings. The molecule has 0 radical (unpaired) electrons. The average molecular weight is 288 g/mol. The number of rotatable bonds is 4. The lowest BCUT2D eigenvalue weighted by molar-refractivity contribution is 0.973. The van der Waals surface area contributed by atoms with Crippen LogP contribution in [-0.2, 0) is 6.42 Å². The van der Waals surface area contributed by atoms with E-state index in [1.807, 2.05) is 24.4 Å². The SMILES string of the molecule is Brc1cccc(C=NCCc2ccccc2)c1. The maximum atomic E-state index is 4.43. The van der Waals surface area contributed by atoms with Gasteiger partial charge in [-0.15, -0.1) is 0 Å². The summed E-state index contributed by atoms with van der Waals surface area (Å²) in [5.74, 6) is 0. The molecule has 2 aromatic carbocycles. The molecule has 2 rings (SSSR count). The van der Waals surface area contributed by atoms with Gasteiger partial charge < -0.3 is 0 Å². The molecular formula is C15H14BrN. The molecule has 0 atom stereocenters. The highest BCUT2D eigenvalue weighted by atomic mass is 79.9. The molecule has 0 bridgehead atoms. The lowest BCUT2D eigenvalue weighted by Crippen LogP contribution is -1.90. The van der Waals surface area contributed by atoms with Gasteiger partial charge in [-0.1, -0.05) is 58.4 Å². The molecule has 0 unspecified atom stereocenters. The van der Waals surface area contributed by atoms with Gasteiger partial charge in [-0.05, 0) is 29.7 Å². The van der Waals surface area contributed by atoms with Crippen LogP contribution in [0.2, 0.25) is 0 Å². The minimum Gasteiger partial charge on any atom is -0.292 e. The Labute approximate surface area is 110 Å². The molecule has 0 spiro atoms. The van der Waals surface area contributed by atoms with Crippen molar-refractivity contribution in [1.82, 2.24) is 0 Å². The van der Waals surface area contributed by atoms with Crippen LogP contribution in [0.15, 0.2) is 64.1 Å². The number of hydrogen-bond acceptors (Lipinski definition) is 1. The molecule has 0 aromatic heterocycles. The summed E-state index contributed by atoms with van der Waals surface area (Å²) in [6.45, 7) is 0.830. The molecular weight excluding hydrogens is 274 g/mol. The molecule has 0 saturated heterocycles. The topological polar surface area (TPSA) is 12.4 Å². The Balaban J connectivity index is 1.86. The lowest BCUT2D eigenvalue weighted by Gasteiger charge is -1.97. The number of nitrogens with zero attached hydrogens (tertiary/aromatic N) is 1. The Morgan fingerprint density at radius 2 is 1.82 bits per heavy atom. The fourth-order valence-corrected chi connectivity index (χ4v) is 2.01. The molecule has 0 heterocycles. The molecule has 17 heavy (non-hydrogen) atoms. The summed E-state index contributed by atoms with van der Waals surface area (Å²) in [5, 5.41) is 0. The minimum atomic E-state index is 0.830. The second kappa shape index (κ2) is 6.36. The zero-order valence-electron chi connectivity index (χ0n) is 9.51. The molecule has 2 heteroatoms. The van der Waals surface area contributed by atoms with E-state index in [1.54, 1.807) is 0 Å². The van der Waals surface area contributed by atoms with Crippen molar-refractivity contribution in [3.63, 3.8) is 0 Å². The number of benzene rings is 2. The third-order valence-corrected chi connectivity index (χ3v) is 2.95. The van der Waals surface area contributed by atoms with Crippen molar-refractivity contribution in [3.05, 3.63) is 70.2 Å². The maximum Gasteiger partial charge on any atom is 0.0429 e. The van der Waals surface area contributed by atoms with Crippen molar-refractivity contribution in [2.75, 3.05) is 6.54 Å².